The number of hydroxylamine groups is 2. The first-order valence-electron chi connectivity index (χ1n) is 11.7. The molecule has 0 aliphatic rings. The van der Waals surface area contributed by atoms with E-state index in [0.717, 1.165) is 26.1 Å². The summed E-state index contributed by atoms with van der Waals surface area (Å²) in [6.07, 6.45) is 17.3. The molecule has 0 atom stereocenters. The summed E-state index contributed by atoms with van der Waals surface area (Å²) >= 11 is 0. The lowest BCUT2D eigenvalue weighted by Crippen LogP contribution is -2.24. The first-order valence-corrected chi connectivity index (χ1v) is 11.7. The van der Waals surface area contributed by atoms with Gasteiger partial charge in [0.05, 0.1) is 13.7 Å². The fourth-order valence-electron chi connectivity index (χ4n) is 3.45. The molecule has 1 aromatic rings. The first kappa shape index (κ1) is 25.6. The van der Waals surface area contributed by atoms with E-state index in [9.17, 15) is 4.79 Å². The fraction of sp³-hybridized carbons (Fsp3) is 0.720. The van der Waals surface area contributed by atoms with Gasteiger partial charge in [-0.1, -0.05) is 101 Å². The van der Waals surface area contributed by atoms with Crippen LogP contribution in [0, 0.1) is 0 Å². The van der Waals surface area contributed by atoms with E-state index < -0.39 is 0 Å². The number of hydrogen-bond acceptors (Lipinski definition) is 3. The molecule has 0 bridgehead atoms. The summed E-state index contributed by atoms with van der Waals surface area (Å²) in [5.41, 5.74) is 1.26. The lowest BCUT2D eigenvalue weighted by Gasteiger charge is -2.12. The van der Waals surface area contributed by atoms with Gasteiger partial charge in [-0.3, -0.25) is 9.63 Å². The van der Waals surface area contributed by atoms with E-state index in [1.54, 1.807) is 7.05 Å². The Balaban J connectivity index is 1.72. The van der Waals surface area contributed by atoms with Crippen LogP contribution in [0.25, 0.3) is 0 Å². The molecule has 0 N–H and O–H groups in total. The van der Waals surface area contributed by atoms with Crippen molar-refractivity contribution in [3.05, 3.63) is 35.9 Å². The van der Waals surface area contributed by atoms with Crippen LogP contribution in [0.1, 0.15) is 95.5 Å². The summed E-state index contributed by atoms with van der Waals surface area (Å²) in [6.45, 7) is 1.62. The van der Waals surface area contributed by atoms with E-state index >= 15 is 0 Å². The van der Waals surface area contributed by atoms with Crippen LogP contribution in [-0.2, 0) is 21.0 Å². The van der Waals surface area contributed by atoms with Crippen LogP contribution < -0.4 is 0 Å². The molecule has 4 heteroatoms. The van der Waals surface area contributed by atoms with E-state index in [4.69, 9.17) is 9.57 Å². The van der Waals surface area contributed by atoms with Crippen molar-refractivity contribution < 1.29 is 14.4 Å². The molecule has 0 heterocycles. The zero-order valence-electron chi connectivity index (χ0n) is 18.9. The molecule has 1 rings (SSSR count). The van der Waals surface area contributed by atoms with Crippen molar-refractivity contribution in [3.8, 4) is 0 Å². The molecule has 0 radical (unpaired) electrons. The highest BCUT2D eigenvalue weighted by atomic mass is 16.7. The predicted molar refractivity (Wildman–Crippen MR) is 121 cm³/mol. The Kier molecular flexibility index (Phi) is 16.5. The number of unbranched alkanes of at least 4 members (excludes halogenated alkanes) is 12. The summed E-state index contributed by atoms with van der Waals surface area (Å²) in [6, 6.07) is 10.4. The van der Waals surface area contributed by atoms with E-state index in [-0.39, 0.29) is 5.91 Å². The number of carbonyl (C=O) groups excluding carboxylic acids is 1. The second-order valence-electron chi connectivity index (χ2n) is 7.96. The Morgan fingerprint density at radius 2 is 1.24 bits per heavy atom. The minimum absolute atomic E-state index is 0.0761. The second-order valence-corrected chi connectivity index (χ2v) is 7.96. The SMILES string of the molecule is CON(C)C(=O)CCCCCCCCCCCCCCCOCc1ccccc1. The number of amides is 1. The van der Waals surface area contributed by atoms with Gasteiger partial charge in [0.15, 0.2) is 0 Å². The Hall–Kier alpha value is -1.39. The third kappa shape index (κ3) is 15.2. The molecule has 1 aromatic carbocycles. The van der Waals surface area contributed by atoms with Crippen LogP contribution in [0.2, 0.25) is 0 Å². The lowest BCUT2D eigenvalue weighted by molar-refractivity contribution is -0.168. The number of rotatable bonds is 19. The number of carbonyl (C=O) groups is 1. The standard InChI is InChI=1S/C25H43NO3/c1-26(28-2)25(27)21-17-12-10-8-6-4-3-5-7-9-11-13-18-22-29-23-24-19-15-14-16-20-24/h14-16,19-20H,3-13,17-18,21-23H2,1-2H3. The summed E-state index contributed by atoms with van der Waals surface area (Å²) in [5, 5.41) is 1.32. The molecule has 1 amide bonds. The highest BCUT2D eigenvalue weighted by Gasteiger charge is 2.06. The first-order chi connectivity index (χ1) is 14.2. The average molecular weight is 406 g/mol. The van der Waals surface area contributed by atoms with Gasteiger partial charge in [0.25, 0.3) is 0 Å². The zero-order valence-corrected chi connectivity index (χ0v) is 18.9. The van der Waals surface area contributed by atoms with Crippen molar-refractivity contribution in [2.75, 3.05) is 20.8 Å². The summed E-state index contributed by atoms with van der Waals surface area (Å²) in [4.78, 5) is 16.5. The Morgan fingerprint density at radius 3 is 1.76 bits per heavy atom. The van der Waals surface area contributed by atoms with E-state index in [0.29, 0.717) is 6.42 Å². The lowest BCUT2D eigenvalue weighted by atomic mass is 10.0. The Morgan fingerprint density at radius 1 is 0.759 bits per heavy atom. The molecule has 0 aliphatic carbocycles. The van der Waals surface area contributed by atoms with Crippen molar-refractivity contribution in [2.45, 2.75) is 96.5 Å². The van der Waals surface area contributed by atoms with Gasteiger partial charge < -0.3 is 4.74 Å². The molecular weight excluding hydrogens is 362 g/mol. The summed E-state index contributed by atoms with van der Waals surface area (Å²) < 4.78 is 5.73. The third-order valence-corrected chi connectivity index (χ3v) is 5.42. The van der Waals surface area contributed by atoms with Gasteiger partial charge in [-0.15, -0.1) is 0 Å². The maximum Gasteiger partial charge on any atom is 0.245 e. The maximum atomic E-state index is 11.6. The van der Waals surface area contributed by atoms with Gasteiger partial charge in [-0.05, 0) is 18.4 Å². The van der Waals surface area contributed by atoms with E-state index in [2.05, 4.69) is 24.3 Å². The van der Waals surface area contributed by atoms with Crippen molar-refractivity contribution in [1.82, 2.24) is 5.06 Å². The van der Waals surface area contributed by atoms with Gasteiger partial charge in [0, 0.05) is 20.1 Å². The molecular formula is C25H43NO3. The van der Waals surface area contributed by atoms with Crippen LogP contribution in [0.3, 0.4) is 0 Å². The predicted octanol–water partition coefficient (Wildman–Crippen LogP) is 6.68. The van der Waals surface area contributed by atoms with Gasteiger partial charge in [-0.2, -0.15) is 0 Å². The quantitative estimate of drug-likeness (QED) is 0.190. The molecule has 0 saturated carbocycles. The van der Waals surface area contributed by atoms with Crippen molar-refractivity contribution in [1.29, 1.82) is 0 Å². The van der Waals surface area contributed by atoms with Crippen molar-refractivity contribution >= 4 is 5.91 Å². The number of nitrogens with zero attached hydrogens (tertiary/aromatic N) is 1. The molecule has 29 heavy (non-hydrogen) atoms. The van der Waals surface area contributed by atoms with Gasteiger partial charge in [0.2, 0.25) is 5.91 Å². The van der Waals surface area contributed by atoms with Gasteiger partial charge >= 0.3 is 0 Å². The van der Waals surface area contributed by atoms with Gasteiger partial charge in [-0.25, -0.2) is 5.06 Å². The molecule has 0 spiro atoms. The van der Waals surface area contributed by atoms with Crippen LogP contribution in [0.5, 0.6) is 0 Å². The Labute approximate surface area is 178 Å². The smallest absolute Gasteiger partial charge is 0.245 e. The van der Waals surface area contributed by atoms with Gasteiger partial charge in [0.1, 0.15) is 0 Å². The monoisotopic (exact) mass is 405 g/mol. The van der Waals surface area contributed by atoms with Crippen LogP contribution in [0.4, 0.5) is 0 Å². The minimum Gasteiger partial charge on any atom is -0.377 e. The molecule has 0 unspecified atom stereocenters. The topological polar surface area (TPSA) is 38.8 Å². The number of ether oxygens (including phenoxy) is 1. The maximum absolute atomic E-state index is 11.6. The highest BCUT2D eigenvalue weighted by molar-refractivity contribution is 5.74. The molecule has 4 nitrogen and oxygen atoms in total. The van der Waals surface area contributed by atoms with Crippen LogP contribution in [-0.4, -0.2) is 31.7 Å². The van der Waals surface area contributed by atoms with E-state index in [1.165, 1.54) is 88.4 Å². The molecule has 0 aromatic heterocycles. The molecule has 0 saturated heterocycles. The summed E-state index contributed by atoms with van der Waals surface area (Å²) in [5.74, 6) is 0.0761. The molecule has 0 fully saturated rings. The van der Waals surface area contributed by atoms with Crippen LogP contribution in [0.15, 0.2) is 30.3 Å². The largest absolute Gasteiger partial charge is 0.377 e. The highest BCUT2D eigenvalue weighted by Crippen LogP contribution is 2.13. The van der Waals surface area contributed by atoms with E-state index in [1.807, 2.05) is 6.07 Å². The second kappa shape index (κ2) is 18.6. The minimum atomic E-state index is 0.0761. The fourth-order valence-corrected chi connectivity index (χ4v) is 3.45. The normalized spacial score (nSPS) is 11.0. The molecule has 166 valence electrons. The van der Waals surface area contributed by atoms with Crippen molar-refractivity contribution in [2.24, 2.45) is 0 Å². The van der Waals surface area contributed by atoms with Crippen LogP contribution >= 0.6 is 0 Å². The Bertz CT molecular complexity index is 492. The average Bonchev–Trinajstić information content (AvgIpc) is 2.75. The zero-order chi connectivity index (χ0) is 21.0. The van der Waals surface area contributed by atoms with Crippen molar-refractivity contribution in [3.63, 3.8) is 0 Å². The molecule has 0 aliphatic heterocycles. The number of benzene rings is 1. The summed E-state index contributed by atoms with van der Waals surface area (Å²) in [7, 11) is 3.20. The third-order valence-electron chi connectivity index (χ3n) is 5.42. The number of hydrogen-bond donors (Lipinski definition) is 0.